The number of benzene rings is 1. The summed E-state index contributed by atoms with van der Waals surface area (Å²) in [5.41, 5.74) is -0.106. The van der Waals surface area contributed by atoms with Gasteiger partial charge >= 0.3 is 12.1 Å². The number of halogens is 4. The van der Waals surface area contributed by atoms with Gasteiger partial charge in [0.2, 0.25) is 11.7 Å². The number of alkyl halides is 3. The maximum Gasteiger partial charge on any atom is 0.471 e. The molecule has 1 aliphatic heterocycles. The van der Waals surface area contributed by atoms with Crippen LogP contribution >= 0.6 is 0 Å². The van der Waals surface area contributed by atoms with E-state index in [0.717, 1.165) is 12.8 Å². The largest absolute Gasteiger partial charge is 0.471 e. The molecular weight excluding hydrogens is 354 g/mol. The van der Waals surface area contributed by atoms with Gasteiger partial charge in [0.1, 0.15) is 5.82 Å². The lowest BCUT2D eigenvalue weighted by atomic mass is 9.83. The molecule has 0 unspecified atom stereocenters. The molecule has 0 N–H and O–H groups in total. The first-order valence-electron chi connectivity index (χ1n) is 8.07. The number of hydrogen-bond acceptors (Lipinski definition) is 4. The van der Waals surface area contributed by atoms with Crippen LogP contribution in [0, 0.1) is 11.2 Å². The van der Waals surface area contributed by atoms with Crippen molar-refractivity contribution in [1.29, 1.82) is 0 Å². The van der Waals surface area contributed by atoms with E-state index in [2.05, 4.69) is 14.7 Å². The van der Waals surface area contributed by atoms with Gasteiger partial charge in [-0.1, -0.05) is 25.1 Å². The van der Waals surface area contributed by atoms with Crippen molar-refractivity contribution < 1.29 is 26.9 Å². The lowest BCUT2D eigenvalue weighted by Gasteiger charge is -2.37. The number of piperidine rings is 1. The highest BCUT2D eigenvalue weighted by Gasteiger charge is 2.39. The summed E-state index contributed by atoms with van der Waals surface area (Å²) >= 11 is 0. The fourth-order valence-electron chi connectivity index (χ4n) is 3.01. The Morgan fingerprint density at radius 3 is 2.65 bits per heavy atom. The molecule has 0 bridgehead atoms. The number of likely N-dealkylation sites (tertiary alicyclic amines) is 1. The predicted molar refractivity (Wildman–Crippen MR) is 83.1 cm³/mol. The summed E-state index contributed by atoms with van der Waals surface area (Å²) in [6.07, 6.45) is -3.12. The summed E-state index contributed by atoms with van der Waals surface area (Å²) in [6.45, 7) is 4.57. The molecule has 5 nitrogen and oxygen atoms in total. The van der Waals surface area contributed by atoms with Crippen molar-refractivity contribution in [1.82, 2.24) is 15.0 Å². The molecule has 0 radical (unpaired) electrons. The van der Waals surface area contributed by atoms with E-state index in [4.69, 9.17) is 0 Å². The minimum atomic E-state index is -4.79. The van der Waals surface area contributed by atoms with Gasteiger partial charge in [-0.25, -0.2) is 4.39 Å². The van der Waals surface area contributed by atoms with Gasteiger partial charge in [0.05, 0.1) is 5.56 Å². The van der Waals surface area contributed by atoms with E-state index in [-0.39, 0.29) is 18.0 Å². The lowest BCUT2D eigenvalue weighted by molar-refractivity contribution is -0.159. The molecule has 2 aromatic rings. The van der Waals surface area contributed by atoms with Crippen molar-refractivity contribution in [3.05, 3.63) is 35.5 Å². The van der Waals surface area contributed by atoms with E-state index < -0.39 is 29.1 Å². The molecule has 1 saturated heterocycles. The molecule has 0 aliphatic carbocycles. The summed E-state index contributed by atoms with van der Waals surface area (Å²) in [5.74, 6) is -2.78. The van der Waals surface area contributed by atoms with Crippen LogP contribution in [0.3, 0.4) is 0 Å². The van der Waals surface area contributed by atoms with E-state index in [1.165, 1.54) is 18.2 Å². The first kappa shape index (κ1) is 18.3. The molecule has 3 rings (SSSR count). The Kier molecular flexibility index (Phi) is 4.49. The molecule has 1 aliphatic rings. The van der Waals surface area contributed by atoms with Crippen LogP contribution in [0.5, 0.6) is 0 Å². The second kappa shape index (κ2) is 6.37. The van der Waals surface area contributed by atoms with Crippen LogP contribution in [-0.2, 0) is 17.5 Å². The van der Waals surface area contributed by atoms with Gasteiger partial charge in [-0.3, -0.25) is 4.79 Å². The highest BCUT2D eigenvalue weighted by Crippen LogP contribution is 2.32. The predicted octanol–water partition coefficient (Wildman–Crippen LogP) is 4.04. The van der Waals surface area contributed by atoms with Crippen LogP contribution in [0.2, 0.25) is 0 Å². The van der Waals surface area contributed by atoms with E-state index in [0.29, 0.717) is 12.1 Å². The third-order valence-electron chi connectivity index (χ3n) is 4.41. The van der Waals surface area contributed by atoms with Crippen molar-refractivity contribution in [3.63, 3.8) is 0 Å². The number of carbonyl (C=O) groups excluding carboxylic acids is 1. The monoisotopic (exact) mass is 371 g/mol. The van der Waals surface area contributed by atoms with Crippen molar-refractivity contribution in [2.45, 2.75) is 39.4 Å². The van der Waals surface area contributed by atoms with E-state index in [1.54, 1.807) is 4.90 Å². The Labute approximate surface area is 147 Å². The van der Waals surface area contributed by atoms with Gasteiger partial charge in [0, 0.05) is 18.5 Å². The van der Waals surface area contributed by atoms with Crippen molar-refractivity contribution in [3.8, 4) is 11.4 Å². The molecular formula is C17H17F4N3O2. The number of aromatic nitrogens is 2. The summed E-state index contributed by atoms with van der Waals surface area (Å²) in [7, 11) is 0. The van der Waals surface area contributed by atoms with Crippen LogP contribution in [0.25, 0.3) is 11.4 Å². The molecule has 9 heteroatoms. The van der Waals surface area contributed by atoms with E-state index >= 15 is 0 Å². The van der Waals surface area contributed by atoms with E-state index in [9.17, 15) is 22.4 Å². The number of nitrogens with zero attached hydrogens (tertiary/aromatic N) is 3. The zero-order valence-electron chi connectivity index (χ0n) is 14.2. The van der Waals surface area contributed by atoms with Crippen LogP contribution in [0.1, 0.15) is 38.1 Å². The summed E-state index contributed by atoms with van der Waals surface area (Å²) in [4.78, 5) is 17.3. The minimum Gasteiger partial charge on any atom is -0.338 e. The minimum absolute atomic E-state index is 0.00113. The van der Waals surface area contributed by atoms with Crippen molar-refractivity contribution in [2.75, 3.05) is 6.54 Å². The summed E-state index contributed by atoms with van der Waals surface area (Å²) in [6, 6.07) is 4.00. The molecule has 1 amide bonds. The number of amides is 1. The smallest absolute Gasteiger partial charge is 0.338 e. The SMILES string of the molecule is CC1(C)CCCN(Cc2ccc(-c3noc(C(F)(F)F)n3)c(F)c2)C1=O. The first-order chi connectivity index (χ1) is 12.1. The normalized spacial score (nSPS) is 17.6. The molecule has 0 atom stereocenters. The third kappa shape index (κ3) is 3.56. The fraction of sp³-hybridized carbons (Fsp3) is 0.471. The van der Waals surface area contributed by atoms with Gasteiger partial charge in [-0.2, -0.15) is 18.2 Å². The van der Waals surface area contributed by atoms with Crippen LogP contribution in [-0.4, -0.2) is 27.5 Å². The Balaban J connectivity index is 1.80. The lowest BCUT2D eigenvalue weighted by Crippen LogP contribution is -2.45. The van der Waals surface area contributed by atoms with E-state index in [1.807, 2.05) is 13.8 Å². The van der Waals surface area contributed by atoms with Crippen LogP contribution < -0.4 is 0 Å². The van der Waals surface area contributed by atoms with Gasteiger partial charge in [-0.05, 0) is 30.5 Å². The Bertz CT molecular complexity index is 830. The van der Waals surface area contributed by atoms with Gasteiger partial charge < -0.3 is 9.42 Å². The molecule has 2 heterocycles. The molecule has 0 saturated carbocycles. The molecule has 0 spiro atoms. The van der Waals surface area contributed by atoms with Crippen molar-refractivity contribution in [2.24, 2.45) is 5.41 Å². The Hall–Kier alpha value is -2.45. The second-order valence-electron chi connectivity index (χ2n) is 6.95. The van der Waals surface area contributed by atoms with Crippen LogP contribution in [0.15, 0.2) is 22.7 Å². The fourth-order valence-corrected chi connectivity index (χ4v) is 3.01. The zero-order chi connectivity index (χ0) is 19.1. The topological polar surface area (TPSA) is 59.2 Å². The maximum absolute atomic E-state index is 14.3. The molecule has 140 valence electrons. The third-order valence-corrected chi connectivity index (χ3v) is 4.41. The maximum atomic E-state index is 14.3. The average molecular weight is 371 g/mol. The molecule has 1 aromatic carbocycles. The molecule has 1 aromatic heterocycles. The van der Waals surface area contributed by atoms with Crippen molar-refractivity contribution >= 4 is 5.91 Å². The summed E-state index contributed by atoms with van der Waals surface area (Å²) in [5, 5.41) is 3.18. The highest BCUT2D eigenvalue weighted by molar-refractivity contribution is 5.82. The van der Waals surface area contributed by atoms with Gasteiger partial charge in [0.25, 0.3) is 0 Å². The highest BCUT2D eigenvalue weighted by atomic mass is 19.4. The van der Waals surface area contributed by atoms with Gasteiger partial charge in [-0.15, -0.1) is 0 Å². The number of carbonyl (C=O) groups is 1. The first-order valence-corrected chi connectivity index (χ1v) is 8.07. The van der Waals surface area contributed by atoms with Gasteiger partial charge in [0.15, 0.2) is 0 Å². The number of hydrogen-bond donors (Lipinski definition) is 0. The van der Waals surface area contributed by atoms with Crippen LogP contribution in [0.4, 0.5) is 17.6 Å². The standard InChI is InChI=1S/C17H17F4N3O2/c1-16(2)6-3-7-24(15(16)25)9-10-4-5-11(12(18)8-10)13-22-14(26-23-13)17(19,20)21/h4-5,8H,3,6-7,9H2,1-2H3. The Morgan fingerprint density at radius 1 is 1.31 bits per heavy atom. The zero-order valence-corrected chi connectivity index (χ0v) is 14.2. The average Bonchev–Trinajstić information content (AvgIpc) is 3.02. The molecule has 26 heavy (non-hydrogen) atoms. The number of rotatable bonds is 3. The second-order valence-corrected chi connectivity index (χ2v) is 6.95. The Morgan fingerprint density at radius 2 is 2.04 bits per heavy atom. The summed E-state index contributed by atoms with van der Waals surface area (Å²) < 4.78 is 56.0. The quantitative estimate of drug-likeness (QED) is 0.764. The molecule has 1 fully saturated rings.